The highest BCUT2D eigenvalue weighted by molar-refractivity contribution is 6.32. The van der Waals surface area contributed by atoms with Crippen LogP contribution in [-0.2, 0) is 6.42 Å². The van der Waals surface area contributed by atoms with Gasteiger partial charge in [0.2, 0.25) is 0 Å². The second-order valence-electron chi connectivity index (χ2n) is 6.27. The quantitative estimate of drug-likeness (QED) is 0.724. The Kier molecular flexibility index (Phi) is 4.82. The molecule has 0 aliphatic carbocycles. The zero-order valence-electron chi connectivity index (χ0n) is 15.3. The van der Waals surface area contributed by atoms with Crippen LogP contribution in [-0.4, -0.2) is 44.4 Å². The van der Waals surface area contributed by atoms with E-state index in [-0.39, 0.29) is 6.03 Å². The summed E-state index contributed by atoms with van der Waals surface area (Å²) in [7, 11) is 1.55. The van der Waals surface area contributed by atoms with Gasteiger partial charge in [0.1, 0.15) is 12.1 Å². The van der Waals surface area contributed by atoms with Gasteiger partial charge >= 0.3 is 6.03 Å². The molecule has 3 heterocycles. The number of halogens is 1. The van der Waals surface area contributed by atoms with E-state index >= 15 is 0 Å². The van der Waals surface area contributed by atoms with Crippen molar-refractivity contribution in [3.63, 3.8) is 0 Å². The van der Waals surface area contributed by atoms with Crippen molar-refractivity contribution in [2.75, 3.05) is 18.6 Å². The van der Waals surface area contributed by atoms with Crippen LogP contribution in [0.15, 0.2) is 36.9 Å². The predicted molar refractivity (Wildman–Crippen MR) is 103 cm³/mol. The number of nitrogens with zero attached hydrogens (tertiary/aromatic N) is 6. The number of ether oxygens (including phenoxy) is 1. The van der Waals surface area contributed by atoms with Crippen LogP contribution < -0.4 is 15.0 Å². The third-order valence-electron chi connectivity index (χ3n) is 4.54. The lowest BCUT2D eigenvalue weighted by molar-refractivity contribution is 0.243. The molecule has 0 saturated heterocycles. The lowest BCUT2D eigenvalue weighted by atomic mass is 10.1. The van der Waals surface area contributed by atoms with Gasteiger partial charge < -0.3 is 10.1 Å². The van der Waals surface area contributed by atoms with E-state index in [1.165, 1.54) is 11.0 Å². The maximum Gasteiger partial charge on any atom is 0.322 e. The van der Waals surface area contributed by atoms with E-state index in [4.69, 9.17) is 16.3 Å². The van der Waals surface area contributed by atoms with Crippen molar-refractivity contribution in [2.45, 2.75) is 19.4 Å². The summed E-state index contributed by atoms with van der Waals surface area (Å²) in [5, 5.41) is 7.66. The van der Waals surface area contributed by atoms with Crippen LogP contribution in [0.4, 0.5) is 10.5 Å². The number of hydrogen-bond donors (Lipinski definition) is 1. The number of methoxy groups -OCH3 is 1. The van der Waals surface area contributed by atoms with Gasteiger partial charge in [0.25, 0.3) is 5.95 Å². The lowest BCUT2D eigenvalue weighted by Crippen LogP contribution is -2.40. The standard InChI is InChI=1S/C18H18ClN7O2/c1-11(16-22-10-23-26(16)17-20-5-3-6-21-17)24-18(27)25-7-4-12-8-13(19)15(28-2)9-14(12)25/h3,5-6,8-11H,4,7H2,1-2H3,(H,24,27). The zero-order valence-corrected chi connectivity index (χ0v) is 16.1. The van der Waals surface area contributed by atoms with Gasteiger partial charge in [-0.15, -0.1) is 0 Å². The molecule has 1 aliphatic heterocycles. The molecule has 0 saturated carbocycles. The molecular weight excluding hydrogens is 382 g/mol. The van der Waals surface area contributed by atoms with E-state index in [2.05, 4.69) is 25.4 Å². The summed E-state index contributed by atoms with van der Waals surface area (Å²) in [4.78, 5) is 27.2. The number of nitrogens with one attached hydrogen (secondary N) is 1. The molecule has 1 aliphatic rings. The van der Waals surface area contributed by atoms with Crippen molar-refractivity contribution in [1.29, 1.82) is 0 Å². The number of hydrogen-bond acceptors (Lipinski definition) is 6. The fraction of sp³-hybridized carbons (Fsp3) is 0.278. The van der Waals surface area contributed by atoms with E-state index in [0.29, 0.717) is 29.1 Å². The summed E-state index contributed by atoms with van der Waals surface area (Å²) in [5.74, 6) is 1.46. The van der Waals surface area contributed by atoms with Crippen LogP contribution in [0.2, 0.25) is 5.02 Å². The van der Waals surface area contributed by atoms with Crippen molar-refractivity contribution in [3.05, 3.63) is 53.3 Å². The third kappa shape index (κ3) is 3.24. The second kappa shape index (κ2) is 7.43. The second-order valence-corrected chi connectivity index (χ2v) is 6.67. The Hall–Kier alpha value is -3.20. The molecule has 1 atom stereocenters. The third-order valence-corrected chi connectivity index (χ3v) is 4.83. The van der Waals surface area contributed by atoms with E-state index in [1.54, 1.807) is 36.5 Å². The van der Waals surface area contributed by atoms with Crippen LogP contribution >= 0.6 is 11.6 Å². The number of anilines is 1. The molecule has 2 amide bonds. The van der Waals surface area contributed by atoms with Crippen LogP contribution in [0, 0.1) is 0 Å². The minimum Gasteiger partial charge on any atom is -0.495 e. The number of benzene rings is 1. The SMILES string of the molecule is COc1cc2c(cc1Cl)CCN2C(=O)NC(C)c1ncnn1-c1ncccn1. The van der Waals surface area contributed by atoms with Gasteiger partial charge in [-0.05, 0) is 31.0 Å². The molecule has 2 aromatic heterocycles. The molecule has 0 spiro atoms. The van der Waals surface area contributed by atoms with Crippen LogP contribution in [0.5, 0.6) is 5.75 Å². The minimum atomic E-state index is -0.406. The predicted octanol–water partition coefficient (Wildman–Crippen LogP) is 2.55. The van der Waals surface area contributed by atoms with Crippen LogP contribution in [0.1, 0.15) is 24.4 Å². The van der Waals surface area contributed by atoms with Gasteiger partial charge in [0.05, 0.1) is 23.9 Å². The van der Waals surface area contributed by atoms with Crippen molar-refractivity contribution in [2.24, 2.45) is 0 Å². The number of rotatable bonds is 4. The van der Waals surface area contributed by atoms with Crippen molar-refractivity contribution < 1.29 is 9.53 Å². The van der Waals surface area contributed by atoms with Gasteiger partial charge in [-0.1, -0.05) is 11.6 Å². The van der Waals surface area contributed by atoms with Gasteiger partial charge in [0.15, 0.2) is 5.82 Å². The topological polar surface area (TPSA) is 98.1 Å². The highest BCUT2D eigenvalue weighted by Gasteiger charge is 2.28. The molecule has 0 fully saturated rings. The summed E-state index contributed by atoms with van der Waals surface area (Å²) in [6.07, 6.45) is 5.38. The number of aromatic nitrogens is 5. The fourth-order valence-electron chi connectivity index (χ4n) is 3.18. The molecular formula is C18H18ClN7O2. The molecule has 0 radical (unpaired) electrons. The fourth-order valence-corrected chi connectivity index (χ4v) is 3.45. The molecule has 9 nitrogen and oxygen atoms in total. The smallest absolute Gasteiger partial charge is 0.322 e. The average molecular weight is 400 g/mol. The average Bonchev–Trinajstić information content (AvgIpc) is 3.35. The van der Waals surface area contributed by atoms with Gasteiger partial charge in [-0.2, -0.15) is 9.78 Å². The minimum absolute atomic E-state index is 0.237. The number of carbonyl (C=O) groups excluding carboxylic acids is 1. The maximum absolute atomic E-state index is 12.9. The Bertz CT molecular complexity index is 1010. The summed E-state index contributed by atoms with van der Waals surface area (Å²) in [5.41, 5.74) is 1.80. The van der Waals surface area contributed by atoms with Crippen molar-refractivity contribution in [3.8, 4) is 11.7 Å². The zero-order chi connectivity index (χ0) is 19.7. The molecule has 1 aromatic carbocycles. The number of amides is 2. The number of carbonyl (C=O) groups is 1. The first-order chi connectivity index (χ1) is 13.6. The molecule has 28 heavy (non-hydrogen) atoms. The van der Waals surface area contributed by atoms with Crippen LogP contribution in [0.3, 0.4) is 0 Å². The molecule has 1 unspecified atom stereocenters. The molecule has 144 valence electrons. The number of fused-ring (bicyclic) bond motifs is 1. The molecule has 10 heteroatoms. The molecule has 1 N–H and O–H groups in total. The highest BCUT2D eigenvalue weighted by atomic mass is 35.5. The largest absolute Gasteiger partial charge is 0.495 e. The Morgan fingerprint density at radius 1 is 1.29 bits per heavy atom. The van der Waals surface area contributed by atoms with Crippen molar-refractivity contribution >= 4 is 23.3 Å². The van der Waals surface area contributed by atoms with Gasteiger partial charge in [0, 0.05) is 25.0 Å². The Labute approximate surface area is 166 Å². The Morgan fingerprint density at radius 3 is 2.82 bits per heavy atom. The summed E-state index contributed by atoms with van der Waals surface area (Å²) in [6, 6.07) is 4.71. The van der Waals surface area contributed by atoms with E-state index in [9.17, 15) is 4.79 Å². The van der Waals surface area contributed by atoms with E-state index in [1.807, 2.05) is 13.0 Å². The molecule has 0 bridgehead atoms. The van der Waals surface area contributed by atoms with E-state index in [0.717, 1.165) is 17.7 Å². The first-order valence-electron chi connectivity index (χ1n) is 8.70. The molecule has 4 rings (SSSR count). The van der Waals surface area contributed by atoms with Crippen LogP contribution in [0.25, 0.3) is 5.95 Å². The number of urea groups is 1. The van der Waals surface area contributed by atoms with Crippen molar-refractivity contribution in [1.82, 2.24) is 30.0 Å². The lowest BCUT2D eigenvalue weighted by Gasteiger charge is -2.21. The maximum atomic E-state index is 12.9. The summed E-state index contributed by atoms with van der Waals surface area (Å²) >= 11 is 6.19. The first kappa shape index (κ1) is 18.2. The summed E-state index contributed by atoms with van der Waals surface area (Å²) < 4.78 is 6.78. The monoisotopic (exact) mass is 399 g/mol. The van der Waals surface area contributed by atoms with Gasteiger partial charge in [-0.25, -0.2) is 19.7 Å². The van der Waals surface area contributed by atoms with E-state index < -0.39 is 6.04 Å². The first-order valence-corrected chi connectivity index (χ1v) is 9.08. The summed E-state index contributed by atoms with van der Waals surface area (Å²) in [6.45, 7) is 2.40. The Balaban J connectivity index is 1.54. The normalized spacial score (nSPS) is 13.9. The highest BCUT2D eigenvalue weighted by Crippen LogP contribution is 2.37. The Morgan fingerprint density at radius 2 is 2.07 bits per heavy atom. The molecule has 3 aromatic rings. The van der Waals surface area contributed by atoms with Gasteiger partial charge in [-0.3, -0.25) is 4.90 Å².